The summed E-state index contributed by atoms with van der Waals surface area (Å²) in [5, 5.41) is 0. The lowest BCUT2D eigenvalue weighted by atomic mass is 9.99. The van der Waals surface area contributed by atoms with Crippen molar-refractivity contribution in [3.05, 3.63) is 89.0 Å². The molecule has 0 atom stereocenters. The highest BCUT2D eigenvalue weighted by atomic mass is 19.2. The molecule has 0 bridgehead atoms. The molecule has 0 heterocycles. The fourth-order valence-corrected chi connectivity index (χ4v) is 2.92. The molecule has 134 valence electrons. The third-order valence-corrected chi connectivity index (χ3v) is 4.43. The highest BCUT2D eigenvalue weighted by molar-refractivity contribution is 5.65. The Kier molecular flexibility index (Phi) is 5.67. The SMILES string of the molecule is CCOc1ccc(-c2ccc(CCc3ccc(C)cc3)cc2)c(F)c1F. The highest BCUT2D eigenvalue weighted by Crippen LogP contribution is 2.30. The Morgan fingerprint density at radius 1 is 0.731 bits per heavy atom. The molecule has 3 heteroatoms. The van der Waals surface area contributed by atoms with Gasteiger partial charge >= 0.3 is 0 Å². The van der Waals surface area contributed by atoms with E-state index in [1.807, 2.05) is 24.3 Å². The van der Waals surface area contributed by atoms with Gasteiger partial charge in [-0.05, 0) is 55.5 Å². The average Bonchev–Trinajstić information content (AvgIpc) is 2.66. The number of hydrogen-bond acceptors (Lipinski definition) is 1. The van der Waals surface area contributed by atoms with Crippen molar-refractivity contribution in [2.75, 3.05) is 6.61 Å². The van der Waals surface area contributed by atoms with Gasteiger partial charge in [0, 0.05) is 5.56 Å². The minimum absolute atomic E-state index is 0.0523. The number of aryl methyl sites for hydroxylation is 3. The molecule has 3 aromatic rings. The van der Waals surface area contributed by atoms with Gasteiger partial charge in [-0.1, -0.05) is 54.1 Å². The molecule has 26 heavy (non-hydrogen) atoms. The van der Waals surface area contributed by atoms with Gasteiger partial charge < -0.3 is 4.74 Å². The minimum atomic E-state index is -0.937. The largest absolute Gasteiger partial charge is 0.491 e. The summed E-state index contributed by atoms with van der Waals surface area (Å²) in [4.78, 5) is 0. The lowest BCUT2D eigenvalue weighted by Gasteiger charge is -2.10. The fourth-order valence-electron chi connectivity index (χ4n) is 2.92. The predicted octanol–water partition coefficient (Wildman–Crippen LogP) is 6.12. The van der Waals surface area contributed by atoms with E-state index in [-0.39, 0.29) is 11.3 Å². The van der Waals surface area contributed by atoms with Crippen LogP contribution >= 0.6 is 0 Å². The van der Waals surface area contributed by atoms with E-state index in [0.29, 0.717) is 12.2 Å². The topological polar surface area (TPSA) is 9.23 Å². The van der Waals surface area contributed by atoms with Crippen LogP contribution in [0.5, 0.6) is 5.75 Å². The molecule has 0 saturated heterocycles. The standard InChI is InChI=1S/C23H22F2O/c1-3-26-21-15-14-20(22(24)23(21)25)19-12-10-18(11-13-19)9-8-17-6-4-16(2)5-7-17/h4-7,10-15H,3,8-9H2,1-2H3. The molecule has 1 nitrogen and oxygen atoms in total. The van der Waals surface area contributed by atoms with Crippen molar-refractivity contribution in [3.8, 4) is 16.9 Å². The molecule has 3 aromatic carbocycles. The maximum absolute atomic E-state index is 14.3. The molecule has 3 rings (SSSR count). The molecule has 0 aliphatic rings. The van der Waals surface area contributed by atoms with E-state index in [2.05, 4.69) is 31.2 Å². The molecule has 0 unspecified atom stereocenters. The van der Waals surface area contributed by atoms with Gasteiger partial charge in [0.2, 0.25) is 5.82 Å². The molecule has 0 spiro atoms. The van der Waals surface area contributed by atoms with Gasteiger partial charge in [-0.15, -0.1) is 0 Å². The smallest absolute Gasteiger partial charge is 0.201 e. The second kappa shape index (κ2) is 8.13. The van der Waals surface area contributed by atoms with Gasteiger partial charge in [0.1, 0.15) is 0 Å². The summed E-state index contributed by atoms with van der Waals surface area (Å²) in [5.41, 5.74) is 4.61. The summed E-state index contributed by atoms with van der Waals surface area (Å²) in [6.07, 6.45) is 1.86. The van der Waals surface area contributed by atoms with Crippen LogP contribution in [0, 0.1) is 18.6 Å². The monoisotopic (exact) mass is 352 g/mol. The molecule has 0 aromatic heterocycles. The van der Waals surface area contributed by atoms with Gasteiger partial charge in [-0.25, -0.2) is 4.39 Å². The van der Waals surface area contributed by atoms with Crippen molar-refractivity contribution in [1.29, 1.82) is 0 Å². The van der Waals surface area contributed by atoms with Crippen molar-refractivity contribution in [3.63, 3.8) is 0 Å². The van der Waals surface area contributed by atoms with Crippen molar-refractivity contribution in [1.82, 2.24) is 0 Å². The molecule has 0 amide bonds. The Balaban J connectivity index is 1.73. The minimum Gasteiger partial charge on any atom is -0.491 e. The van der Waals surface area contributed by atoms with Gasteiger partial charge in [-0.3, -0.25) is 0 Å². The average molecular weight is 352 g/mol. The van der Waals surface area contributed by atoms with Gasteiger partial charge in [0.05, 0.1) is 6.61 Å². The zero-order valence-electron chi connectivity index (χ0n) is 15.1. The molecule has 0 N–H and O–H groups in total. The third kappa shape index (κ3) is 4.10. The van der Waals surface area contributed by atoms with Gasteiger partial charge in [0.15, 0.2) is 11.6 Å². The summed E-state index contributed by atoms with van der Waals surface area (Å²) < 4.78 is 33.5. The molecule has 0 fully saturated rings. The molecule has 0 saturated carbocycles. The van der Waals surface area contributed by atoms with E-state index in [1.54, 1.807) is 13.0 Å². The molecule has 0 aliphatic carbocycles. The predicted molar refractivity (Wildman–Crippen MR) is 102 cm³/mol. The van der Waals surface area contributed by atoms with Crippen LogP contribution in [0.4, 0.5) is 8.78 Å². The van der Waals surface area contributed by atoms with E-state index < -0.39 is 11.6 Å². The summed E-state index contributed by atoms with van der Waals surface area (Å²) in [5.74, 6) is -1.86. The first kappa shape index (κ1) is 18.1. The van der Waals surface area contributed by atoms with E-state index >= 15 is 0 Å². The summed E-state index contributed by atoms with van der Waals surface area (Å²) in [6.45, 7) is 4.11. The Labute approximate surface area is 153 Å². The van der Waals surface area contributed by atoms with E-state index in [0.717, 1.165) is 12.8 Å². The quantitative estimate of drug-likeness (QED) is 0.519. The number of ether oxygens (including phenoxy) is 1. The Morgan fingerprint density at radius 2 is 1.31 bits per heavy atom. The number of hydrogen-bond donors (Lipinski definition) is 0. The summed E-state index contributed by atoms with van der Waals surface area (Å²) in [6, 6.07) is 19.2. The van der Waals surface area contributed by atoms with E-state index in [1.165, 1.54) is 22.8 Å². The molecular formula is C23H22F2O. The molecule has 0 radical (unpaired) electrons. The van der Waals surface area contributed by atoms with Crippen LogP contribution in [0.3, 0.4) is 0 Å². The first-order valence-electron chi connectivity index (χ1n) is 8.84. The highest BCUT2D eigenvalue weighted by Gasteiger charge is 2.15. The maximum atomic E-state index is 14.3. The van der Waals surface area contributed by atoms with Crippen LogP contribution in [-0.4, -0.2) is 6.61 Å². The number of rotatable bonds is 6. The fraction of sp³-hybridized carbons (Fsp3) is 0.217. The van der Waals surface area contributed by atoms with Crippen LogP contribution in [0.15, 0.2) is 60.7 Å². The third-order valence-electron chi connectivity index (χ3n) is 4.43. The van der Waals surface area contributed by atoms with Crippen LogP contribution in [0.25, 0.3) is 11.1 Å². The van der Waals surface area contributed by atoms with E-state index in [4.69, 9.17) is 4.74 Å². The first-order valence-corrected chi connectivity index (χ1v) is 8.84. The second-order valence-electron chi connectivity index (χ2n) is 6.35. The first-order chi connectivity index (χ1) is 12.6. The zero-order chi connectivity index (χ0) is 18.5. The van der Waals surface area contributed by atoms with Crippen molar-refractivity contribution in [2.24, 2.45) is 0 Å². The summed E-state index contributed by atoms with van der Waals surface area (Å²) in [7, 11) is 0. The Hall–Kier alpha value is -2.68. The second-order valence-corrected chi connectivity index (χ2v) is 6.35. The van der Waals surface area contributed by atoms with Crippen molar-refractivity contribution >= 4 is 0 Å². The van der Waals surface area contributed by atoms with Crippen LogP contribution < -0.4 is 4.74 Å². The van der Waals surface area contributed by atoms with Crippen molar-refractivity contribution < 1.29 is 13.5 Å². The Bertz CT molecular complexity index is 868. The lowest BCUT2D eigenvalue weighted by molar-refractivity contribution is 0.314. The van der Waals surface area contributed by atoms with Gasteiger partial charge in [0.25, 0.3) is 0 Å². The normalized spacial score (nSPS) is 10.8. The van der Waals surface area contributed by atoms with Gasteiger partial charge in [-0.2, -0.15) is 4.39 Å². The molecule has 0 aliphatic heterocycles. The van der Waals surface area contributed by atoms with Crippen LogP contribution in [0.1, 0.15) is 23.6 Å². The maximum Gasteiger partial charge on any atom is 0.201 e. The Morgan fingerprint density at radius 3 is 1.88 bits per heavy atom. The van der Waals surface area contributed by atoms with E-state index in [9.17, 15) is 8.78 Å². The number of benzene rings is 3. The summed E-state index contributed by atoms with van der Waals surface area (Å²) >= 11 is 0. The number of halogens is 2. The van der Waals surface area contributed by atoms with Crippen LogP contribution in [0.2, 0.25) is 0 Å². The van der Waals surface area contributed by atoms with Crippen LogP contribution in [-0.2, 0) is 12.8 Å². The lowest BCUT2D eigenvalue weighted by Crippen LogP contribution is -1.98. The molecular weight excluding hydrogens is 330 g/mol. The zero-order valence-corrected chi connectivity index (χ0v) is 15.1. The van der Waals surface area contributed by atoms with Crippen molar-refractivity contribution in [2.45, 2.75) is 26.7 Å².